The number of rotatable bonds is 6. The Morgan fingerprint density at radius 1 is 1.17 bits per heavy atom. The number of ether oxygens (including phenoxy) is 2. The van der Waals surface area contributed by atoms with Crippen LogP contribution < -0.4 is 15.0 Å². The lowest BCUT2D eigenvalue weighted by molar-refractivity contribution is 0.0745. The number of amides is 1. The summed E-state index contributed by atoms with van der Waals surface area (Å²) in [7, 11) is 3.13. The van der Waals surface area contributed by atoms with Gasteiger partial charge in [-0.2, -0.15) is 5.10 Å². The van der Waals surface area contributed by atoms with E-state index in [2.05, 4.69) is 10.2 Å². The van der Waals surface area contributed by atoms with E-state index >= 15 is 0 Å². The molecule has 0 spiro atoms. The first kappa shape index (κ1) is 16.5. The van der Waals surface area contributed by atoms with E-state index in [1.165, 1.54) is 12.1 Å². The van der Waals surface area contributed by atoms with Crippen molar-refractivity contribution in [2.24, 2.45) is 0 Å². The van der Waals surface area contributed by atoms with Crippen LogP contribution in [0.4, 0.5) is 0 Å². The van der Waals surface area contributed by atoms with E-state index in [1.807, 2.05) is 19.1 Å². The number of aromatic nitrogens is 2. The normalized spacial score (nSPS) is 10.2. The predicted octanol–water partition coefficient (Wildman–Crippen LogP) is 1.45. The molecule has 0 radical (unpaired) electrons. The van der Waals surface area contributed by atoms with Crippen LogP contribution >= 0.6 is 0 Å². The lowest BCUT2D eigenvalue weighted by Gasteiger charge is -2.21. The molecule has 2 aromatic rings. The predicted molar refractivity (Wildman–Crippen MR) is 84.8 cm³/mol. The van der Waals surface area contributed by atoms with Gasteiger partial charge in [-0.05, 0) is 30.7 Å². The van der Waals surface area contributed by atoms with Crippen molar-refractivity contribution in [2.75, 3.05) is 20.8 Å². The van der Waals surface area contributed by atoms with Crippen LogP contribution in [0.2, 0.25) is 0 Å². The SMILES string of the molecule is CCN(Cc1ccc(OC)c(OC)c1)C(=O)c1ccc(=O)[nH]n1. The van der Waals surface area contributed by atoms with Gasteiger partial charge in [-0.3, -0.25) is 9.59 Å². The van der Waals surface area contributed by atoms with Crippen LogP contribution in [-0.2, 0) is 6.54 Å². The number of carbonyl (C=O) groups is 1. The third kappa shape index (κ3) is 3.88. The molecule has 1 heterocycles. The largest absolute Gasteiger partial charge is 0.493 e. The first-order valence-electron chi connectivity index (χ1n) is 7.15. The zero-order valence-electron chi connectivity index (χ0n) is 13.3. The lowest BCUT2D eigenvalue weighted by atomic mass is 10.1. The van der Waals surface area contributed by atoms with Crippen LogP contribution in [0.25, 0.3) is 0 Å². The zero-order chi connectivity index (χ0) is 16.8. The molecule has 0 atom stereocenters. The monoisotopic (exact) mass is 317 g/mol. The van der Waals surface area contributed by atoms with Crippen molar-refractivity contribution < 1.29 is 14.3 Å². The van der Waals surface area contributed by atoms with Gasteiger partial charge in [0, 0.05) is 19.2 Å². The number of benzene rings is 1. The van der Waals surface area contributed by atoms with Gasteiger partial charge in [0.15, 0.2) is 11.5 Å². The number of H-pyrrole nitrogens is 1. The number of carbonyl (C=O) groups excluding carboxylic acids is 1. The summed E-state index contributed by atoms with van der Waals surface area (Å²) in [6.07, 6.45) is 0. The summed E-state index contributed by atoms with van der Waals surface area (Å²) < 4.78 is 10.5. The van der Waals surface area contributed by atoms with Crippen LogP contribution in [0.15, 0.2) is 35.1 Å². The molecule has 0 aliphatic heterocycles. The van der Waals surface area contributed by atoms with Crippen molar-refractivity contribution >= 4 is 5.91 Å². The Morgan fingerprint density at radius 2 is 1.91 bits per heavy atom. The minimum absolute atomic E-state index is 0.201. The molecule has 2 rings (SSSR count). The Balaban J connectivity index is 2.20. The second-order valence-electron chi connectivity index (χ2n) is 4.82. The molecule has 0 bridgehead atoms. The summed E-state index contributed by atoms with van der Waals surface area (Å²) in [5, 5.41) is 6.04. The Kier molecular flexibility index (Phi) is 5.35. The highest BCUT2D eigenvalue weighted by Gasteiger charge is 2.17. The number of hydrogen-bond donors (Lipinski definition) is 1. The Labute approximate surface area is 133 Å². The van der Waals surface area contributed by atoms with Gasteiger partial charge in [-0.1, -0.05) is 6.07 Å². The second kappa shape index (κ2) is 7.44. The number of nitrogens with one attached hydrogen (secondary N) is 1. The molecule has 1 aromatic heterocycles. The molecule has 0 aliphatic rings. The summed E-state index contributed by atoms with van der Waals surface area (Å²) in [6, 6.07) is 8.19. The molecule has 0 aliphatic carbocycles. The maximum atomic E-state index is 12.5. The van der Waals surface area contributed by atoms with E-state index in [0.717, 1.165) is 5.56 Å². The standard InChI is InChI=1S/C16H19N3O4/c1-4-19(16(21)12-6-8-15(20)18-17-12)10-11-5-7-13(22-2)14(9-11)23-3/h5-9H,4,10H2,1-3H3,(H,18,20). The topological polar surface area (TPSA) is 84.5 Å². The molecule has 23 heavy (non-hydrogen) atoms. The maximum absolute atomic E-state index is 12.5. The average Bonchev–Trinajstić information content (AvgIpc) is 2.59. The molecule has 7 heteroatoms. The fourth-order valence-corrected chi connectivity index (χ4v) is 2.15. The summed E-state index contributed by atoms with van der Waals surface area (Å²) in [5.74, 6) is 0.988. The highest BCUT2D eigenvalue weighted by Crippen LogP contribution is 2.28. The van der Waals surface area contributed by atoms with Crippen molar-refractivity contribution in [1.82, 2.24) is 15.1 Å². The number of methoxy groups -OCH3 is 2. The highest BCUT2D eigenvalue weighted by atomic mass is 16.5. The summed E-state index contributed by atoms with van der Waals surface area (Å²) in [5.41, 5.74) is 0.763. The minimum Gasteiger partial charge on any atom is -0.493 e. The molecule has 1 aromatic carbocycles. The summed E-state index contributed by atoms with van der Waals surface area (Å²) >= 11 is 0. The Morgan fingerprint density at radius 3 is 2.48 bits per heavy atom. The van der Waals surface area contributed by atoms with Crippen LogP contribution in [0, 0.1) is 0 Å². The van der Waals surface area contributed by atoms with Gasteiger partial charge in [0.2, 0.25) is 0 Å². The first-order chi connectivity index (χ1) is 11.1. The van der Waals surface area contributed by atoms with Crippen molar-refractivity contribution in [1.29, 1.82) is 0 Å². The van der Waals surface area contributed by atoms with Gasteiger partial charge < -0.3 is 14.4 Å². The average molecular weight is 317 g/mol. The van der Waals surface area contributed by atoms with E-state index in [1.54, 1.807) is 25.2 Å². The lowest BCUT2D eigenvalue weighted by Crippen LogP contribution is -2.31. The van der Waals surface area contributed by atoms with E-state index in [4.69, 9.17) is 9.47 Å². The van der Waals surface area contributed by atoms with Crippen molar-refractivity contribution in [2.45, 2.75) is 13.5 Å². The maximum Gasteiger partial charge on any atom is 0.274 e. The number of aromatic amines is 1. The smallest absolute Gasteiger partial charge is 0.274 e. The summed E-state index contributed by atoms with van der Waals surface area (Å²) in [4.78, 5) is 25.1. The third-order valence-corrected chi connectivity index (χ3v) is 3.39. The number of hydrogen-bond acceptors (Lipinski definition) is 5. The van der Waals surface area contributed by atoms with E-state index in [0.29, 0.717) is 24.6 Å². The fraction of sp³-hybridized carbons (Fsp3) is 0.312. The fourth-order valence-electron chi connectivity index (χ4n) is 2.15. The van der Waals surface area contributed by atoms with E-state index in [-0.39, 0.29) is 17.2 Å². The van der Waals surface area contributed by atoms with Crippen LogP contribution in [0.5, 0.6) is 11.5 Å². The first-order valence-corrected chi connectivity index (χ1v) is 7.15. The van der Waals surface area contributed by atoms with Gasteiger partial charge in [-0.25, -0.2) is 5.10 Å². The highest BCUT2D eigenvalue weighted by molar-refractivity contribution is 5.92. The molecule has 1 amide bonds. The Hall–Kier alpha value is -2.83. The Bertz CT molecular complexity index is 722. The van der Waals surface area contributed by atoms with Gasteiger partial charge in [-0.15, -0.1) is 0 Å². The van der Waals surface area contributed by atoms with E-state index in [9.17, 15) is 9.59 Å². The molecular formula is C16H19N3O4. The second-order valence-corrected chi connectivity index (χ2v) is 4.82. The molecule has 1 N–H and O–H groups in total. The molecule has 0 saturated carbocycles. The molecular weight excluding hydrogens is 298 g/mol. The molecule has 0 unspecified atom stereocenters. The van der Waals surface area contributed by atoms with Crippen LogP contribution in [0.3, 0.4) is 0 Å². The number of nitrogens with zero attached hydrogens (tertiary/aromatic N) is 2. The van der Waals surface area contributed by atoms with Crippen molar-refractivity contribution in [3.05, 3.63) is 51.9 Å². The quantitative estimate of drug-likeness (QED) is 0.871. The van der Waals surface area contributed by atoms with Gasteiger partial charge in [0.25, 0.3) is 11.5 Å². The minimum atomic E-state index is -0.343. The van der Waals surface area contributed by atoms with Crippen molar-refractivity contribution in [3.8, 4) is 11.5 Å². The molecule has 7 nitrogen and oxygen atoms in total. The zero-order valence-corrected chi connectivity index (χ0v) is 13.3. The molecule has 0 saturated heterocycles. The summed E-state index contributed by atoms with van der Waals surface area (Å²) in [6.45, 7) is 2.79. The molecule has 0 fully saturated rings. The third-order valence-electron chi connectivity index (χ3n) is 3.39. The van der Waals surface area contributed by atoms with Gasteiger partial charge in [0.05, 0.1) is 14.2 Å². The van der Waals surface area contributed by atoms with E-state index < -0.39 is 0 Å². The van der Waals surface area contributed by atoms with Crippen LogP contribution in [0.1, 0.15) is 23.0 Å². The van der Waals surface area contributed by atoms with Crippen molar-refractivity contribution in [3.63, 3.8) is 0 Å². The van der Waals surface area contributed by atoms with Gasteiger partial charge in [0.1, 0.15) is 5.69 Å². The molecule has 122 valence electrons. The van der Waals surface area contributed by atoms with Gasteiger partial charge >= 0.3 is 0 Å². The van der Waals surface area contributed by atoms with Crippen LogP contribution in [-0.4, -0.2) is 41.8 Å².